The number of aryl methyl sites for hydroxylation is 1. The number of carbonyl (C=O) groups is 1. The largest absolute Gasteiger partial charge is 0.398 e. The van der Waals surface area contributed by atoms with Crippen molar-refractivity contribution in [3.63, 3.8) is 0 Å². The van der Waals surface area contributed by atoms with Crippen molar-refractivity contribution >= 4 is 11.6 Å². The zero-order chi connectivity index (χ0) is 18.0. The van der Waals surface area contributed by atoms with E-state index in [1.165, 1.54) is 0 Å². The van der Waals surface area contributed by atoms with E-state index in [0.29, 0.717) is 6.54 Å². The molecule has 0 saturated heterocycles. The average molecular weight is 337 g/mol. The number of para-hydroxylation sites is 1. The summed E-state index contributed by atoms with van der Waals surface area (Å²) in [6.45, 7) is 9.87. The maximum atomic E-state index is 13.0. The van der Waals surface area contributed by atoms with Gasteiger partial charge in [0.25, 0.3) is 5.91 Å². The first-order valence-corrected chi connectivity index (χ1v) is 9.05. The number of anilines is 1. The second kappa shape index (κ2) is 7.28. The summed E-state index contributed by atoms with van der Waals surface area (Å²) in [5.74, 6) is 0.105. The topological polar surface area (TPSA) is 49.6 Å². The Morgan fingerprint density at radius 3 is 2.44 bits per heavy atom. The number of hydrogen-bond donors (Lipinski definition) is 1. The summed E-state index contributed by atoms with van der Waals surface area (Å²) in [6, 6.07) is 13.9. The molecule has 1 unspecified atom stereocenters. The van der Waals surface area contributed by atoms with Crippen LogP contribution in [-0.4, -0.2) is 41.9 Å². The Labute approximate surface area is 150 Å². The van der Waals surface area contributed by atoms with E-state index < -0.39 is 0 Å². The number of nitrogens with zero attached hydrogens (tertiary/aromatic N) is 2. The predicted molar refractivity (Wildman–Crippen MR) is 103 cm³/mol. The van der Waals surface area contributed by atoms with Crippen molar-refractivity contribution in [2.75, 3.05) is 31.9 Å². The Balaban J connectivity index is 2.01. The molecule has 1 atom stereocenters. The Kier molecular flexibility index (Phi) is 5.09. The third-order valence-electron chi connectivity index (χ3n) is 5.26. The molecule has 2 N–H and O–H groups in total. The average Bonchev–Trinajstić information content (AvgIpc) is 2.91. The second-order valence-electron chi connectivity index (χ2n) is 6.59. The summed E-state index contributed by atoms with van der Waals surface area (Å²) in [4.78, 5) is 17.4. The Morgan fingerprint density at radius 2 is 1.72 bits per heavy atom. The van der Waals surface area contributed by atoms with Crippen LogP contribution in [0.3, 0.4) is 0 Å². The molecule has 1 aliphatic rings. The molecule has 4 nitrogen and oxygen atoms in total. The minimum absolute atomic E-state index is 0.0980. The molecule has 25 heavy (non-hydrogen) atoms. The molecule has 4 heteroatoms. The van der Waals surface area contributed by atoms with Gasteiger partial charge in [0.1, 0.15) is 0 Å². The summed E-state index contributed by atoms with van der Waals surface area (Å²) in [5, 5.41) is 0. The fourth-order valence-electron chi connectivity index (χ4n) is 3.67. The lowest BCUT2D eigenvalue weighted by molar-refractivity contribution is 0.0730. The van der Waals surface area contributed by atoms with Gasteiger partial charge >= 0.3 is 0 Å². The van der Waals surface area contributed by atoms with Crippen LogP contribution in [0.15, 0.2) is 42.5 Å². The molecule has 132 valence electrons. The molecule has 0 aliphatic carbocycles. The highest BCUT2D eigenvalue weighted by Crippen LogP contribution is 2.40. The summed E-state index contributed by atoms with van der Waals surface area (Å²) < 4.78 is 0. The maximum absolute atomic E-state index is 13.0. The molecule has 1 heterocycles. The summed E-state index contributed by atoms with van der Waals surface area (Å²) in [6.07, 6.45) is 0. The number of nitrogens with two attached hydrogens (primary N) is 1. The second-order valence-corrected chi connectivity index (χ2v) is 6.59. The fraction of sp³-hybridized carbons (Fsp3) is 0.381. The van der Waals surface area contributed by atoms with Gasteiger partial charge < -0.3 is 15.5 Å². The lowest BCUT2D eigenvalue weighted by atomic mass is 9.95. The highest BCUT2D eigenvalue weighted by atomic mass is 16.2. The van der Waals surface area contributed by atoms with Crippen molar-refractivity contribution in [1.82, 2.24) is 9.80 Å². The third-order valence-corrected chi connectivity index (χ3v) is 5.26. The molecule has 0 spiro atoms. The molecule has 3 rings (SSSR count). The molecule has 2 aromatic carbocycles. The molecule has 0 aromatic heterocycles. The number of nitrogen functional groups attached to an aromatic ring is 1. The quantitative estimate of drug-likeness (QED) is 0.821. The Hall–Kier alpha value is -2.33. The molecule has 2 aromatic rings. The van der Waals surface area contributed by atoms with Gasteiger partial charge in [-0.25, -0.2) is 0 Å². The van der Waals surface area contributed by atoms with Gasteiger partial charge in [0.05, 0.1) is 6.04 Å². The summed E-state index contributed by atoms with van der Waals surface area (Å²) in [5.41, 5.74) is 11.1. The third kappa shape index (κ3) is 3.14. The van der Waals surface area contributed by atoms with Crippen molar-refractivity contribution < 1.29 is 4.79 Å². The van der Waals surface area contributed by atoms with Crippen LogP contribution in [0.1, 0.15) is 46.9 Å². The smallest absolute Gasteiger partial charge is 0.255 e. The van der Waals surface area contributed by atoms with Gasteiger partial charge in [-0.2, -0.15) is 0 Å². The highest BCUT2D eigenvalue weighted by molar-refractivity contribution is 6.00. The standard InChI is InChI=1S/C21H27N3O/c1-4-23(5-2)13-14-24-20(18-12-8-9-15(3)19(18)22)16-10-6-7-11-17(16)21(24)25/h6-12,20H,4-5,13-14,22H2,1-3H3. The Bertz CT molecular complexity index is 767. The van der Waals surface area contributed by atoms with Crippen LogP contribution in [0, 0.1) is 6.92 Å². The van der Waals surface area contributed by atoms with Crippen LogP contribution >= 0.6 is 0 Å². The van der Waals surface area contributed by atoms with Crippen LogP contribution in [0.4, 0.5) is 5.69 Å². The zero-order valence-corrected chi connectivity index (χ0v) is 15.3. The zero-order valence-electron chi connectivity index (χ0n) is 15.3. The number of fused-ring (bicyclic) bond motifs is 1. The van der Waals surface area contributed by atoms with Crippen LogP contribution in [-0.2, 0) is 0 Å². The van der Waals surface area contributed by atoms with E-state index in [1.54, 1.807) is 0 Å². The van der Waals surface area contributed by atoms with Crippen molar-refractivity contribution in [2.24, 2.45) is 0 Å². The van der Waals surface area contributed by atoms with Crippen LogP contribution in [0.25, 0.3) is 0 Å². The number of hydrogen-bond acceptors (Lipinski definition) is 3. The lowest BCUT2D eigenvalue weighted by Crippen LogP contribution is -2.37. The summed E-state index contributed by atoms with van der Waals surface area (Å²) in [7, 11) is 0. The van der Waals surface area contributed by atoms with E-state index >= 15 is 0 Å². The first kappa shape index (κ1) is 17.5. The van der Waals surface area contributed by atoms with E-state index in [4.69, 9.17) is 5.73 Å². The molecule has 0 radical (unpaired) electrons. The van der Waals surface area contributed by atoms with Crippen molar-refractivity contribution in [3.8, 4) is 0 Å². The minimum Gasteiger partial charge on any atom is -0.398 e. The number of likely N-dealkylation sites (N-methyl/N-ethyl adjacent to an activating group) is 1. The lowest BCUT2D eigenvalue weighted by Gasteiger charge is -2.29. The number of rotatable bonds is 6. The molecular formula is C21H27N3O. The van der Waals surface area contributed by atoms with E-state index in [1.807, 2.05) is 48.2 Å². The van der Waals surface area contributed by atoms with E-state index in [0.717, 1.165) is 47.6 Å². The fourth-order valence-corrected chi connectivity index (χ4v) is 3.67. The van der Waals surface area contributed by atoms with Gasteiger partial charge in [-0.1, -0.05) is 50.2 Å². The first-order valence-electron chi connectivity index (χ1n) is 9.05. The van der Waals surface area contributed by atoms with Gasteiger partial charge in [0.15, 0.2) is 0 Å². The molecule has 1 amide bonds. The van der Waals surface area contributed by atoms with Gasteiger partial charge in [0, 0.05) is 29.9 Å². The number of benzene rings is 2. The number of carbonyl (C=O) groups excluding carboxylic acids is 1. The first-order chi connectivity index (χ1) is 12.1. The minimum atomic E-state index is -0.0980. The maximum Gasteiger partial charge on any atom is 0.255 e. The van der Waals surface area contributed by atoms with Gasteiger partial charge in [-0.05, 0) is 37.2 Å². The van der Waals surface area contributed by atoms with Crippen LogP contribution in [0.5, 0.6) is 0 Å². The molecule has 0 fully saturated rings. The van der Waals surface area contributed by atoms with E-state index in [2.05, 4.69) is 24.8 Å². The van der Waals surface area contributed by atoms with Crippen molar-refractivity contribution in [1.29, 1.82) is 0 Å². The van der Waals surface area contributed by atoms with Crippen LogP contribution < -0.4 is 5.73 Å². The number of amides is 1. The molecule has 0 bridgehead atoms. The molecule has 1 aliphatic heterocycles. The normalized spacial score (nSPS) is 16.6. The highest BCUT2D eigenvalue weighted by Gasteiger charge is 2.38. The van der Waals surface area contributed by atoms with Gasteiger partial charge in [-0.3, -0.25) is 4.79 Å². The van der Waals surface area contributed by atoms with Gasteiger partial charge in [-0.15, -0.1) is 0 Å². The predicted octanol–water partition coefficient (Wildman–Crippen LogP) is 3.46. The molecule has 0 saturated carbocycles. The molecular weight excluding hydrogens is 310 g/mol. The van der Waals surface area contributed by atoms with Gasteiger partial charge in [0.2, 0.25) is 0 Å². The SMILES string of the molecule is CCN(CC)CCN1C(=O)c2ccccc2C1c1cccc(C)c1N. The monoisotopic (exact) mass is 337 g/mol. The van der Waals surface area contributed by atoms with Crippen molar-refractivity contribution in [3.05, 3.63) is 64.7 Å². The Morgan fingerprint density at radius 1 is 1.04 bits per heavy atom. The van der Waals surface area contributed by atoms with Crippen molar-refractivity contribution in [2.45, 2.75) is 26.8 Å². The summed E-state index contributed by atoms with van der Waals surface area (Å²) >= 11 is 0. The van der Waals surface area contributed by atoms with Crippen LogP contribution in [0.2, 0.25) is 0 Å². The van der Waals surface area contributed by atoms with E-state index in [9.17, 15) is 4.79 Å². The van der Waals surface area contributed by atoms with E-state index in [-0.39, 0.29) is 11.9 Å².